The summed E-state index contributed by atoms with van der Waals surface area (Å²) in [5, 5.41) is 0. The minimum Gasteiger partial charge on any atom is -0.331 e. The Bertz CT molecular complexity index is 366. The highest BCUT2D eigenvalue weighted by atomic mass is 79.9. The third-order valence-electron chi connectivity index (χ3n) is 3.38. The average Bonchev–Trinajstić information content (AvgIpc) is 2.94. The first-order valence-electron chi connectivity index (χ1n) is 5.50. The van der Waals surface area contributed by atoms with Crippen LogP contribution in [-0.2, 0) is 13.0 Å². The second-order valence-electron chi connectivity index (χ2n) is 4.73. The van der Waals surface area contributed by atoms with Gasteiger partial charge >= 0.3 is 0 Å². The minimum atomic E-state index is 0.772. The first kappa shape index (κ1) is 8.96. The molecule has 0 N–H and O–H groups in total. The van der Waals surface area contributed by atoms with Gasteiger partial charge in [0, 0.05) is 12.5 Å². The predicted molar refractivity (Wildman–Crippen MR) is 59.4 cm³/mol. The van der Waals surface area contributed by atoms with Gasteiger partial charge in [-0.1, -0.05) is 6.92 Å². The molecular formula is C11H15BrN2. The summed E-state index contributed by atoms with van der Waals surface area (Å²) in [5.74, 6) is 2.94. The number of fused-ring (bicyclic) bond motifs is 1. The SMILES string of the molecule is CC1CCn2c(C3CC3)nc(Br)c2C1. The molecule has 1 aliphatic carbocycles. The zero-order valence-corrected chi connectivity index (χ0v) is 10.0. The maximum Gasteiger partial charge on any atom is 0.127 e. The third kappa shape index (κ3) is 1.33. The molecule has 0 bridgehead atoms. The lowest BCUT2D eigenvalue weighted by Gasteiger charge is -2.22. The van der Waals surface area contributed by atoms with Crippen LogP contribution < -0.4 is 0 Å². The quantitative estimate of drug-likeness (QED) is 0.754. The Labute approximate surface area is 92.8 Å². The van der Waals surface area contributed by atoms with Gasteiger partial charge in [-0.15, -0.1) is 0 Å². The number of aromatic nitrogens is 2. The van der Waals surface area contributed by atoms with E-state index in [-0.39, 0.29) is 0 Å². The van der Waals surface area contributed by atoms with Crippen LogP contribution >= 0.6 is 15.9 Å². The molecule has 0 aromatic carbocycles. The van der Waals surface area contributed by atoms with E-state index in [1.165, 1.54) is 43.7 Å². The molecule has 0 saturated heterocycles. The molecule has 76 valence electrons. The molecular weight excluding hydrogens is 240 g/mol. The summed E-state index contributed by atoms with van der Waals surface area (Å²) in [6.45, 7) is 3.51. The van der Waals surface area contributed by atoms with E-state index in [4.69, 9.17) is 0 Å². The first-order chi connectivity index (χ1) is 6.75. The maximum atomic E-state index is 4.67. The van der Waals surface area contributed by atoms with E-state index in [0.717, 1.165) is 16.4 Å². The Hall–Kier alpha value is -0.310. The summed E-state index contributed by atoms with van der Waals surface area (Å²) in [5.41, 5.74) is 1.44. The van der Waals surface area contributed by atoms with Crippen molar-refractivity contribution in [3.63, 3.8) is 0 Å². The van der Waals surface area contributed by atoms with Crippen molar-refractivity contribution in [1.82, 2.24) is 9.55 Å². The topological polar surface area (TPSA) is 17.8 Å². The van der Waals surface area contributed by atoms with Crippen LogP contribution in [0.1, 0.15) is 43.6 Å². The van der Waals surface area contributed by atoms with Crippen molar-refractivity contribution < 1.29 is 0 Å². The van der Waals surface area contributed by atoms with Crippen LogP contribution in [0.3, 0.4) is 0 Å². The highest BCUT2D eigenvalue weighted by Gasteiger charge is 2.32. The Morgan fingerprint density at radius 1 is 1.36 bits per heavy atom. The Kier molecular flexibility index (Phi) is 1.98. The van der Waals surface area contributed by atoms with E-state index < -0.39 is 0 Å². The monoisotopic (exact) mass is 254 g/mol. The van der Waals surface area contributed by atoms with E-state index in [0.29, 0.717) is 0 Å². The number of hydrogen-bond donors (Lipinski definition) is 0. The third-order valence-corrected chi connectivity index (χ3v) is 4.02. The van der Waals surface area contributed by atoms with Crippen molar-refractivity contribution in [2.45, 2.75) is 45.1 Å². The molecule has 14 heavy (non-hydrogen) atoms. The Morgan fingerprint density at radius 3 is 2.86 bits per heavy atom. The van der Waals surface area contributed by atoms with Gasteiger partial charge in [0.1, 0.15) is 10.4 Å². The summed E-state index contributed by atoms with van der Waals surface area (Å²) in [7, 11) is 0. The van der Waals surface area contributed by atoms with Gasteiger partial charge < -0.3 is 4.57 Å². The fraction of sp³-hybridized carbons (Fsp3) is 0.727. The number of imidazole rings is 1. The molecule has 1 atom stereocenters. The summed E-state index contributed by atoms with van der Waals surface area (Å²) < 4.78 is 3.56. The van der Waals surface area contributed by atoms with Gasteiger partial charge in [-0.05, 0) is 47.5 Å². The Morgan fingerprint density at radius 2 is 2.14 bits per heavy atom. The summed E-state index contributed by atoms with van der Waals surface area (Å²) in [6.07, 6.45) is 5.20. The fourth-order valence-corrected chi connectivity index (χ4v) is 2.91. The molecule has 0 amide bonds. The number of halogens is 1. The molecule has 1 aromatic heterocycles. The Balaban J connectivity index is 2.04. The second-order valence-corrected chi connectivity index (χ2v) is 5.48. The van der Waals surface area contributed by atoms with Gasteiger partial charge in [0.2, 0.25) is 0 Å². The van der Waals surface area contributed by atoms with Crippen molar-refractivity contribution in [2.24, 2.45) is 5.92 Å². The molecule has 1 saturated carbocycles. The summed E-state index contributed by atoms with van der Waals surface area (Å²) in [6, 6.07) is 0. The zero-order chi connectivity index (χ0) is 9.71. The van der Waals surface area contributed by atoms with E-state index in [2.05, 4.69) is 32.4 Å². The first-order valence-corrected chi connectivity index (χ1v) is 6.30. The molecule has 1 aliphatic heterocycles. The van der Waals surface area contributed by atoms with Gasteiger partial charge in [-0.2, -0.15) is 0 Å². The van der Waals surface area contributed by atoms with Crippen LogP contribution in [0.15, 0.2) is 4.60 Å². The lowest BCUT2D eigenvalue weighted by atomic mass is 9.98. The van der Waals surface area contributed by atoms with Crippen LogP contribution in [0.5, 0.6) is 0 Å². The van der Waals surface area contributed by atoms with Crippen LogP contribution in [0.2, 0.25) is 0 Å². The van der Waals surface area contributed by atoms with E-state index >= 15 is 0 Å². The fourth-order valence-electron chi connectivity index (χ4n) is 2.35. The highest BCUT2D eigenvalue weighted by molar-refractivity contribution is 9.10. The zero-order valence-electron chi connectivity index (χ0n) is 8.46. The van der Waals surface area contributed by atoms with E-state index in [1.54, 1.807) is 0 Å². The number of hydrogen-bond acceptors (Lipinski definition) is 1. The number of nitrogens with zero attached hydrogens (tertiary/aromatic N) is 2. The van der Waals surface area contributed by atoms with Gasteiger partial charge in [-0.3, -0.25) is 0 Å². The predicted octanol–water partition coefficient (Wildman–Crippen LogP) is 3.11. The molecule has 1 aromatic rings. The molecule has 2 aliphatic rings. The van der Waals surface area contributed by atoms with Crippen molar-refractivity contribution in [2.75, 3.05) is 0 Å². The second kappa shape index (κ2) is 3.09. The van der Waals surface area contributed by atoms with E-state index in [9.17, 15) is 0 Å². The molecule has 1 fully saturated rings. The summed E-state index contributed by atoms with van der Waals surface area (Å²) >= 11 is 3.59. The van der Waals surface area contributed by atoms with Gasteiger partial charge in [0.15, 0.2) is 0 Å². The lowest BCUT2D eigenvalue weighted by molar-refractivity contribution is 0.408. The van der Waals surface area contributed by atoms with Crippen LogP contribution in [-0.4, -0.2) is 9.55 Å². The smallest absolute Gasteiger partial charge is 0.127 e. The molecule has 0 radical (unpaired) electrons. The van der Waals surface area contributed by atoms with Crippen LogP contribution in [0, 0.1) is 5.92 Å². The van der Waals surface area contributed by atoms with Crippen molar-refractivity contribution in [3.05, 3.63) is 16.1 Å². The standard InChI is InChI=1S/C11H15BrN2/c1-7-4-5-14-9(6-7)10(12)13-11(14)8-2-3-8/h7-8H,2-6H2,1H3. The van der Waals surface area contributed by atoms with Crippen LogP contribution in [0.4, 0.5) is 0 Å². The van der Waals surface area contributed by atoms with Gasteiger partial charge in [-0.25, -0.2) is 4.98 Å². The van der Waals surface area contributed by atoms with E-state index in [1.807, 2.05) is 0 Å². The van der Waals surface area contributed by atoms with Gasteiger partial charge in [0.25, 0.3) is 0 Å². The normalized spacial score (nSPS) is 26.3. The van der Waals surface area contributed by atoms with Crippen molar-refractivity contribution in [3.8, 4) is 0 Å². The number of rotatable bonds is 1. The lowest BCUT2D eigenvalue weighted by Crippen LogP contribution is -2.18. The van der Waals surface area contributed by atoms with Crippen molar-refractivity contribution >= 4 is 15.9 Å². The molecule has 3 heteroatoms. The largest absolute Gasteiger partial charge is 0.331 e. The van der Waals surface area contributed by atoms with Gasteiger partial charge in [0.05, 0.1) is 5.69 Å². The van der Waals surface area contributed by atoms with Crippen LogP contribution in [0.25, 0.3) is 0 Å². The molecule has 0 spiro atoms. The molecule has 3 rings (SSSR count). The maximum absolute atomic E-state index is 4.67. The average molecular weight is 255 g/mol. The highest BCUT2D eigenvalue weighted by Crippen LogP contribution is 2.42. The molecule has 1 unspecified atom stereocenters. The molecule has 2 nitrogen and oxygen atoms in total. The minimum absolute atomic E-state index is 0.772. The summed E-state index contributed by atoms with van der Waals surface area (Å²) in [4.78, 5) is 4.67. The molecule has 2 heterocycles. The van der Waals surface area contributed by atoms with Crippen molar-refractivity contribution in [1.29, 1.82) is 0 Å².